The molecule has 0 amide bonds. The fourth-order valence-corrected chi connectivity index (χ4v) is 3.81. The van der Waals surface area contributed by atoms with Crippen LogP contribution in [0.15, 0.2) is 22.7 Å². The van der Waals surface area contributed by atoms with Gasteiger partial charge in [0.25, 0.3) is 0 Å². The Morgan fingerprint density at radius 2 is 1.95 bits per heavy atom. The lowest BCUT2D eigenvalue weighted by Gasteiger charge is -2.48. The van der Waals surface area contributed by atoms with Gasteiger partial charge in [-0.05, 0) is 31.0 Å². The maximum absolute atomic E-state index is 6.03. The highest BCUT2D eigenvalue weighted by molar-refractivity contribution is 6.35. The third-order valence-corrected chi connectivity index (χ3v) is 4.90. The van der Waals surface area contributed by atoms with Gasteiger partial charge in [0.15, 0.2) is 0 Å². The van der Waals surface area contributed by atoms with Crippen molar-refractivity contribution < 1.29 is 4.52 Å². The van der Waals surface area contributed by atoms with Gasteiger partial charge in [-0.1, -0.05) is 28.4 Å². The van der Waals surface area contributed by atoms with Gasteiger partial charge in [0, 0.05) is 47.2 Å². The van der Waals surface area contributed by atoms with Crippen molar-refractivity contribution in [2.24, 2.45) is 5.41 Å². The smallest absolute Gasteiger partial charge is 0.324 e. The highest BCUT2D eigenvalue weighted by Crippen LogP contribution is 2.35. The molecule has 1 spiro atoms. The molecule has 1 N–H and O–H groups in total. The lowest BCUT2D eigenvalue weighted by Crippen LogP contribution is -2.61. The fourth-order valence-electron chi connectivity index (χ4n) is 3.28. The molecular weight excluding hydrogens is 323 g/mol. The van der Waals surface area contributed by atoms with Crippen LogP contribution in [0.5, 0.6) is 0 Å². The number of piperidine rings is 1. The van der Waals surface area contributed by atoms with Gasteiger partial charge in [-0.25, -0.2) is 0 Å². The molecule has 0 unspecified atom stereocenters. The number of benzene rings is 1. The predicted molar refractivity (Wildman–Crippen MR) is 86.5 cm³/mol. The molecule has 1 aromatic heterocycles. The molecule has 0 bridgehead atoms. The number of nitrogens with one attached hydrogen (secondary N) is 1. The van der Waals surface area contributed by atoms with E-state index in [2.05, 4.69) is 20.4 Å². The van der Waals surface area contributed by atoms with Crippen molar-refractivity contribution in [3.05, 3.63) is 28.2 Å². The molecule has 2 saturated heterocycles. The van der Waals surface area contributed by atoms with Crippen LogP contribution in [0, 0.1) is 5.41 Å². The van der Waals surface area contributed by atoms with Gasteiger partial charge in [-0.3, -0.25) is 0 Å². The van der Waals surface area contributed by atoms with E-state index in [1.165, 1.54) is 6.42 Å². The molecule has 4 rings (SSSR count). The first-order valence-electron chi connectivity index (χ1n) is 7.39. The molecule has 0 radical (unpaired) electrons. The lowest BCUT2D eigenvalue weighted by molar-refractivity contribution is 0.134. The van der Waals surface area contributed by atoms with Gasteiger partial charge in [0.1, 0.15) is 0 Å². The summed E-state index contributed by atoms with van der Waals surface area (Å²) < 4.78 is 5.46. The third kappa shape index (κ3) is 2.57. The van der Waals surface area contributed by atoms with Crippen LogP contribution in [0.1, 0.15) is 12.8 Å². The number of hydrogen-bond acceptors (Lipinski definition) is 5. The van der Waals surface area contributed by atoms with Gasteiger partial charge in [0.2, 0.25) is 5.82 Å². The maximum atomic E-state index is 6.03. The Kier molecular flexibility index (Phi) is 3.51. The standard InChI is InChI=1S/C15H16Cl2N4O/c16-11-4-10(5-12(17)6-11)13-19-14(22-20-13)21-3-1-2-15(9-21)7-18-8-15/h4-6,18H,1-3,7-9H2. The highest BCUT2D eigenvalue weighted by Gasteiger charge is 2.41. The van der Waals surface area contributed by atoms with Crippen molar-refractivity contribution in [2.45, 2.75) is 12.8 Å². The summed E-state index contributed by atoms with van der Waals surface area (Å²) in [6, 6.07) is 5.84. The zero-order chi connectivity index (χ0) is 15.2. The average molecular weight is 339 g/mol. The maximum Gasteiger partial charge on any atom is 0.324 e. The zero-order valence-electron chi connectivity index (χ0n) is 12.0. The van der Waals surface area contributed by atoms with Crippen LogP contribution in [0.4, 0.5) is 6.01 Å². The monoisotopic (exact) mass is 338 g/mol. The second-order valence-electron chi connectivity index (χ2n) is 6.19. The number of aromatic nitrogens is 2. The summed E-state index contributed by atoms with van der Waals surface area (Å²) in [6.07, 6.45) is 2.42. The second-order valence-corrected chi connectivity index (χ2v) is 7.06. The first-order chi connectivity index (χ1) is 10.6. The third-order valence-electron chi connectivity index (χ3n) is 4.47. The van der Waals surface area contributed by atoms with Gasteiger partial charge < -0.3 is 14.7 Å². The van der Waals surface area contributed by atoms with E-state index in [9.17, 15) is 0 Å². The van der Waals surface area contributed by atoms with Crippen molar-refractivity contribution in [1.82, 2.24) is 15.5 Å². The normalized spacial score (nSPS) is 20.2. The molecule has 5 nitrogen and oxygen atoms in total. The SMILES string of the molecule is Clc1cc(Cl)cc(-c2noc(N3CCCC4(CNC4)C3)n2)c1. The van der Waals surface area contributed by atoms with Gasteiger partial charge in [-0.2, -0.15) is 4.98 Å². The van der Waals surface area contributed by atoms with E-state index < -0.39 is 0 Å². The van der Waals surface area contributed by atoms with Crippen LogP contribution in [0.2, 0.25) is 10.0 Å². The number of halogens is 2. The summed E-state index contributed by atoms with van der Waals surface area (Å²) in [6.45, 7) is 4.08. The average Bonchev–Trinajstić information content (AvgIpc) is 2.94. The Morgan fingerprint density at radius 3 is 2.64 bits per heavy atom. The summed E-state index contributed by atoms with van der Waals surface area (Å²) in [4.78, 5) is 6.71. The van der Waals surface area contributed by atoms with E-state index >= 15 is 0 Å². The van der Waals surface area contributed by atoms with Crippen molar-refractivity contribution in [1.29, 1.82) is 0 Å². The summed E-state index contributed by atoms with van der Waals surface area (Å²) in [5.74, 6) is 0.519. The quantitative estimate of drug-likeness (QED) is 0.910. The predicted octanol–water partition coefficient (Wildman–Crippen LogP) is 3.23. The number of anilines is 1. The first-order valence-corrected chi connectivity index (χ1v) is 8.15. The van der Waals surface area contributed by atoms with Gasteiger partial charge in [-0.15, -0.1) is 0 Å². The second kappa shape index (κ2) is 5.41. The minimum Gasteiger partial charge on any atom is -0.324 e. The van der Waals surface area contributed by atoms with Gasteiger partial charge >= 0.3 is 6.01 Å². The van der Waals surface area contributed by atoms with E-state index in [4.69, 9.17) is 27.7 Å². The van der Waals surface area contributed by atoms with Crippen LogP contribution in [0.25, 0.3) is 11.4 Å². The molecule has 0 atom stereocenters. The van der Waals surface area contributed by atoms with Crippen LogP contribution < -0.4 is 10.2 Å². The van der Waals surface area contributed by atoms with Crippen LogP contribution in [0.3, 0.4) is 0 Å². The number of rotatable bonds is 2. The summed E-state index contributed by atoms with van der Waals surface area (Å²) in [7, 11) is 0. The Balaban J connectivity index is 1.58. The lowest BCUT2D eigenvalue weighted by atomic mass is 9.75. The molecule has 0 saturated carbocycles. The first kappa shape index (κ1) is 14.3. The summed E-state index contributed by atoms with van der Waals surface area (Å²) in [5.41, 5.74) is 1.15. The molecule has 3 heterocycles. The molecule has 22 heavy (non-hydrogen) atoms. The summed E-state index contributed by atoms with van der Waals surface area (Å²) >= 11 is 12.1. The van der Waals surface area contributed by atoms with Gasteiger partial charge in [0.05, 0.1) is 0 Å². The van der Waals surface area contributed by atoms with E-state index in [0.717, 1.165) is 38.2 Å². The van der Waals surface area contributed by atoms with Crippen LogP contribution in [-0.4, -0.2) is 36.3 Å². The molecule has 2 aliphatic heterocycles. The molecule has 1 aromatic carbocycles. The van der Waals surface area contributed by atoms with Crippen molar-refractivity contribution in [3.8, 4) is 11.4 Å². The number of hydrogen-bond donors (Lipinski definition) is 1. The molecule has 2 aromatic rings. The largest absolute Gasteiger partial charge is 0.324 e. The molecular formula is C15H16Cl2N4O. The molecule has 2 aliphatic rings. The van der Waals surface area contributed by atoms with Crippen molar-refractivity contribution in [2.75, 3.05) is 31.1 Å². The minimum atomic E-state index is 0.381. The highest BCUT2D eigenvalue weighted by atomic mass is 35.5. The van der Waals surface area contributed by atoms with Crippen LogP contribution in [-0.2, 0) is 0 Å². The zero-order valence-corrected chi connectivity index (χ0v) is 13.5. The van der Waals surface area contributed by atoms with E-state index in [0.29, 0.717) is 27.3 Å². The fraction of sp³-hybridized carbons (Fsp3) is 0.467. The Morgan fingerprint density at radius 1 is 1.18 bits per heavy atom. The number of nitrogens with zero attached hydrogens (tertiary/aromatic N) is 3. The molecule has 116 valence electrons. The molecule has 7 heteroatoms. The Bertz CT molecular complexity index is 678. The van der Waals surface area contributed by atoms with Crippen LogP contribution >= 0.6 is 23.2 Å². The van der Waals surface area contributed by atoms with E-state index in [1.54, 1.807) is 18.2 Å². The van der Waals surface area contributed by atoms with E-state index in [1.807, 2.05) is 0 Å². The molecule has 2 fully saturated rings. The summed E-state index contributed by atoms with van der Waals surface area (Å²) in [5, 5.41) is 8.56. The van der Waals surface area contributed by atoms with Crippen molar-refractivity contribution in [3.63, 3.8) is 0 Å². The topological polar surface area (TPSA) is 54.2 Å². The van der Waals surface area contributed by atoms with E-state index in [-0.39, 0.29) is 0 Å². The minimum absolute atomic E-state index is 0.381. The molecule has 0 aliphatic carbocycles. The van der Waals surface area contributed by atoms with Crippen molar-refractivity contribution >= 4 is 29.2 Å². The Hall–Kier alpha value is -1.30. The Labute approximate surface area is 138 Å².